The lowest BCUT2D eigenvalue weighted by atomic mass is 10.1. The summed E-state index contributed by atoms with van der Waals surface area (Å²) >= 11 is 0. The van der Waals surface area contributed by atoms with E-state index in [9.17, 15) is 0 Å². The minimum Gasteiger partial charge on any atom is -0.493 e. The van der Waals surface area contributed by atoms with Gasteiger partial charge < -0.3 is 14.6 Å². The Labute approximate surface area is 147 Å². The highest BCUT2D eigenvalue weighted by Crippen LogP contribution is 2.28. The van der Waals surface area contributed by atoms with E-state index in [4.69, 9.17) is 9.26 Å². The van der Waals surface area contributed by atoms with Crippen LogP contribution in [0.5, 0.6) is 5.75 Å². The zero-order valence-corrected chi connectivity index (χ0v) is 14.7. The lowest BCUT2D eigenvalue weighted by Crippen LogP contribution is -2.12. The smallest absolute Gasteiger partial charge is 0.244 e. The van der Waals surface area contributed by atoms with E-state index in [-0.39, 0.29) is 6.04 Å². The van der Waals surface area contributed by atoms with Gasteiger partial charge in [-0.05, 0) is 54.3 Å². The van der Waals surface area contributed by atoms with Gasteiger partial charge in [-0.15, -0.1) is 0 Å². The van der Waals surface area contributed by atoms with Crippen LogP contribution >= 0.6 is 0 Å². The Bertz CT molecular complexity index is 866. The van der Waals surface area contributed by atoms with E-state index >= 15 is 0 Å². The highest BCUT2D eigenvalue weighted by atomic mass is 16.5. The van der Waals surface area contributed by atoms with Crippen molar-refractivity contribution in [2.75, 3.05) is 13.2 Å². The minimum atomic E-state index is 0.197. The molecular formula is C20H23N3O2. The predicted octanol–water partition coefficient (Wildman–Crippen LogP) is 4.35. The first-order chi connectivity index (χ1) is 12.2. The molecule has 3 aromatic rings. The first-order valence-corrected chi connectivity index (χ1v) is 8.93. The molecule has 1 aliphatic rings. The summed E-state index contributed by atoms with van der Waals surface area (Å²) in [5.74, 6) is 2.75. The van der Waals surface area contributed by atoms with Crippen LogP contribution in [-0.2, 0) is 0 Å². The summed E-state index contributed by atoms with van der Waals surface area (Å²) in [6.45, 7) is 6.03. The molecule has 2 aromatic carbocycles. The SMILES string of the molecule is CC(C)COc1ccc2cc(-c3noc(C4CCCN4)n3)ccc2c1. The molecule has 4 rings (SSSR count). The van der Waals surface area contributed by atoms with Gasteiger partial charge in [-0.2, -0.15) is 4.98 Å². The standard InChI is InChI=1S/C20H23N3O2/c1-13(2)12-24-17-8-7-14-10-16(6-5-15(14)11-17)19-22-20(25-23-19)18-4-3-9-21-18/h5-8,10-11,13,18,21H,3-4,9,12H2,1-2H3. The summed E-state index contributed by atoms with van der Waals surface area (Å²) in [6.07, 6.45) is 2.21. The second-order valence-corrected chi connectivity index (χ2v) is 7.03. The van der Waals surface area contributed by atoms with Crippen molar-refractivity contribution in [3.63, 3.8) is 0 Å². The number of benzene rings is 2. The fourth-order valence-electron chi connectivity index (χ4n) is 3.10. The highest BCUT2D eigenvalue weighted by Gasteiger charge is 2.22. The predicted molar refractivity (Wildman–Crippen MR) is 97.6 cm³/mol. The van der Waals surface area contributed by atoms with Crippen molar-refractivity contribution in [1.29, 1.82) is 0 Å². The monoisotopic (exact) mass is 337 g/mol. The molecule has 0 bridgehead atoms. The number of aromatic nitrogens is 2. The molecule has 1 aromatic heterocycles. The average Bonchev–Trinajstić information content (AvgIpc) is 3.30. The third-order valence-electron chi connectivity index (χ3n) is 4.45. The lowest BCUT2D eigenvalue weighted by Gasteiger charge is -2.09. The van der Waals surface area contributed by atoms with Gasteiger partial charge in [0.05, 0.1) is 12.6 Å². The number of nitrogens with zero attached hydrogens (tertiary/aromatic N) is 2. The van der Waals surface area contributed by atoms with Crippen LogP contribution in [0.1, 0.15) is 38.6 Å². The van der Waals surface area contributed by atoms with Gasteiger partial charge in [0.25, 0.3) is 0 Å². The summed E-state index contributed by atoms with van der Waals surface area (Å²) in [6, 6.07) is 12.6. The number of hydrogen-bond donors (Lipinski definition) is 1. The van der Waals surface area contributed by atoms with Crippen LogP contribution in [0.2, 0.25) is 0 Å². The summed E-state index contributed by atoms with van der Waals surface area (Å²) in [4.78, 5) is 4.57. The normalized spacial score (nSPS) is 17.5. The first kappa shape index (κ1) is 16.1. The molecule has 5 nitrogen and oxygen atoms in total. The van der Waals surface area contributed by atoms with Gasteiger partial charge in [0.1, 0.15) is 5.75 Å². The maximum absolute atomic E-state index is 5.80. The summed E-state index contributed by atoms with van der Waals surface area (Å²) in [5.41, 5.74) is 0.969. The molecule has 0 amide bonds. The number of nitrogens with one attached hydrogen (secondary N) is 1. The maximum Gasteiger partial charge on any atom is 0.244 e. The fourth-order valence-corrected chi connectivity index (χ4v) is 3.10. The molecule has 1 aliphatic heterocycles. The first-order valence-electron chi connectivity index (χ1n) is 8.93. The topological polar surface area (TPSA) is 60.2 Å². The number of ether oxygens (including phenoxy) is 1. The Morgan fingerprint density at radius 1 is 1.20 bits per heavy atom. The van der Waals surface area contributed by atoms with Gasteiger partial charge in [0, 0.05) is 5.56 Å². The third-order valence-corrected chi connectivity index (χ3v) is 4.45. The molecule has 1 atom stereocenters. The van der Waals surface area contributed by atoms with Crippen molar-refractivity contribution in [2.45, 2.75) is 32.7 Å². The second-order valence-electron chi connectivity index (χ2n) is 7.03. The molecule has 0 spiro atoms. The Hall–Kier alpha value is -2.40. The zero-order valence-electron chi connectivity index (χ0n) is 14.7. The molecule has 1 fully saturated rings. The molecular weight excluding hydrogens is 314 g/mol. The van der Waals surface area contributed by atoms with E-state index in [0.717, 1.165) is 48.1 Å². The molecule has 25 heavy (non-hydrogen) atoms. The fraction of sp³-hybridized carbons (Fsp3) is 0.400. The van der Waals surface area contributed by atoms with Crippen LogP contribution in [0.3, 0.4) is 0 Å². The van der Waals surface area contributed by atoms with Crippen LogP contribution in [0.25, 0.3) is 22.2 Å². The number of hydrogen-bond acceptors (Lipinski definition) is 5. The van der Waals surface area contributed by atoms with Crippen LogP contribution in [0.4, 0.5) is 0 Å². The molecule has 0 saturated carbocycles. The molecule has 0 aliphatic carbocycles. The number of fused-ring (bicyclic) bond motifs is 1. The van der Waals surface area contributed by atoms with Gasteiger partial charge in [0.2, 0.25) is 11.7 Å². The van der Waals surface area contributed by atoms with E-state index in [2.05, 4.69) is 53.6 Å². The molecule has 5 heteroatoms. The third kappa shape index (κ3) is 3.51. The van der Waals surface area contributed by atoms with Crippen LogP contribution in [0, 0.1) is 5.92 Å². The summed E-state index contributed by atoms with van der Waals surface area (Å²) < 4.78 is 11.2. The van der Waals surface area contributed by atoms with Gasteiger partial charge in [-0.1, -0.05) is 37.2 Å². The van der Waals surface area contributed by atoms with E-state index in [1.165, 1.54) is 0 Å². The second kappa shape index (κ2) is 6.84. The van der Waals surface area contributed by atoms with Crippen molar-refractivity contribution >= 4 is 10.8 Å². The van der Waals surface area contributed by atoms with Crippen molar-refractivity contribution in [3.8, 4) is 17.1 Å². The molecule has 1 N–H and O–H groups in total. The number of rotatable bonds is 5. The molecule has 0 radical (unpaired) electrons. The zero-order chi connectivity index (χ0) is 17.2. The van der Waals surface area contributed by atoms with Gasteiger partial charge in [-0.3, -0.25) is 0 Å². The lowest BCUT2D eigenvalue weighted by molar-refractivity contribution is 0.271. The van der Waals surface area contributed by atoms with E-state index in [1.807, 2.05) is 12.1 Å². The maximum atomic E-state index is 5.80. The van der Waals surface area contributed by atoms with E-state index in [1.54, 1.807) is 0 Å². The average molecular weight is 337 g/mol. The van der Waals surface area contributed by atoms with Gasteiger partial charge in [-0.25, -0.2) is 0 Å². The largest absolute Gasteiger partial charge is 0.493 e. The molecule has 2 heterocycles. The Kier molecular flexibility index (Phi) is 4.40. The Balaban J connectivity index is 1.57. The van der Waals surface area contributed by atoms with Gasteiger partial charge in [0.15, 0.2) is 0 Å². The van der Waals surface area contributed by atoms with Crippen LogP contribution in [0.15, 0.2) is 40.9 Å². The highest BCUT2D eigenvalue weighted by molar-refractivity contribution is 5.87. The Morgan fingerprint density at radius 3 is 2.84 bits per heavy atom. The van der Waals surface area contributed by atoms with E-state index < -0.39 is 0 Å². The van der Waals surface area contributed by atoms with Gasteiger partial charge >= 0.3 is 0 Å². The van der Waals surface area contributed by atoms with Crippen molar-refractivity contribution in [2.24, 2.45) is 5.92 Å². The molecule has 1 unspecified atom stereocenters. The molecule has 1 saturated heterocycles. The van der Waals surface area contributed by atoms with Crippen molar-refractivity contribution in [1.82, 2.24) is 15.5 Å². The van der Waals surface area contributed by atoms with Crippen LogP contribution < -0.4 is 10.1 Å². The summed E-state index contributed by atoms with van der Waals surface area (Å²) in [7, 11) is 0. The van der Waals surface area contributed by atoms with Crippen LogP contribution in [-0.4, -0.2) is 23.3 Å². The Morgan fingerprint density at radius 2 is 2.04 bits per heavy atom. The minimum absolute atomic E-state index is 0.197. The van der Waals surface area contributed by atoms with Crippen molar-refractivity contribution < 1.29 is 9.26 Å². The van der Waals surface area contributed by atoms with E-state index in [0.29, 0.717) is 17.6 Å². The molecule has 130 valence electrons. The van der Waals surface area contributed by atoms with Crippen molar-refractivity contribution in [3.05, 3.63) is 42.3 Å². The summed E-state index contributed by atoms with van der Waals surface area (Å²) in [5, 5.41) is 9.82. The quantitative estimate of drug-likeness (QED) is 0.750.